The van der Waals surface area contributed by atoms with Gasteiger partial charge in [-0.05, 0) is 43.1 Å². The monoisotopic (exact) mass is 253 g/mol. The Morgan fingerprint density at radius 1 is 1.28 bits per heavy atom. The number of hydrogen-bond donors (Lipinski definition) is 1. The molecule has 1 aromatic carbocycles. The van der Waals surface area contributed by atoms with E-state index in [4.69, 9.17) is 4.74 Å². The van der Waals surface area contributed by atoms with Gasteiger partial charge in [0.1, 0.15) is 12.4 Å². The number of benzene rings is 1. The van der Waals surface area contributed by atoms with Gasteiger partial charge in [-0.25, -0.2) is 9.18 Å². The Morgan fingerprint density at radius 3 is 2.56 bits per heavy atom. The Balaban J connectivity index is 2.16. The van der Waals surface area contributed by atoms with E-state index in [2.05, 4.69) is 19.2 Å². The number of ether oxygens (including phenoxy) is 1. The average Bonchev–Trinajstić information content (AvgIpc) is 2.34. The first-order chi connectivity index (χ1) is 8.59. The first-order valence-electron chi connectivity index (χ1n) is 6.23. The van der Waals surface area contributed by atoms with Gasteiger partial charge in [-0.2, -0.15) is 0 Å². The lowest BCUT2D eigenvalue weighted by molar-refractivity contribution is 0.0508. The lowest BCUT2D eigenvalue weighted by Crippen LogP contribution is -2.23. The van der Waals surface area contributed by atoms with Crippen LogP contribution in [0.2, 0.25) is 0 Å². The second-order valence-electron chi connectivity index (χ2n) is 4.58. The van der Waals surface area contributed by atoms with Crippen LogP contribution in [-0.4, -0.2) is 25.7 Å². The summed E-state index contributed by atoms with van der Waals surface area (Å²) in [6, 6.07) is 5.34. The molecule has 0 spiro atoms. The second-order valence-corrected chi connectivity index (χ2v) is 4.58. The van der Waals surface area contributed by atoms with E-state index >= 15 is 0 Å². The lowest BCUT2D eigenvalue weighted by atomic mass is 10.1. The van der Waals surface area contributed by atoms with Gasteiger partial charge in [-0.15, -0.1) is 0 Å². The fraction of sp³-hybridized carbons (Fsp3) is 0.500. The van der Waals surface area contributed by atoms with Gasteiger partial charge in [0.25, 0.3) is 0 Å². The number of esters is 1. The minimum absolute atomic E-state index is 0.328. The highest BCUT2D eigenvalue weighted by molar-refractivity contribution is 5.89. The zero-order valence-electron chi connectivity index (χ0n) is 10.9. The Morgan fingerprint density at radius 2 is 1.94 bits per heavy atom. The molecule has 0 aliphatic rings. The van der Waals surface area contributed by atoms with Gasteiger partial charge in [0.15, 0.2) is 0 Å². The van der Waals surface area contributed by atoms with Crippen LogP contribution < -0.4 is 5.32 Å². The van der Waals surface area contributed by atoms with Crippen molar-refractivity contribution in [1.29, 1.82) is 0 Å². The molecule has 0 saturated heterocycles. The number of rotatable bonds is 7. The van der Waals surface area contributed by atoms with Gasteiger partial charge in [0, 0.05) is 6.54 Å². The van der Waals surface area contributed by atoms with E-state index in [-0.39, 0.29) is 5.82 Å². The van der Waals surface area contributed by atoms with Crippen LogP contribution in [0.25, 0.3) is 0 Å². The van der Waals surface area contributed by atoms with Crippen molar-refractivity contribution in [2.75, 3.05) is 19.7 Å². The molecule has 0 aliphatic carbocycles. The molecule has 3 nitrogen and oxygen atoms in total. The summed E-state index contributed by atoms with van der Waals surface area (Å²) >= 11 is 0. The van der Waals surface area contributed by atoms with Crippen LogP contribution in [0.4, 0.5) is 4.39 Å². The Kier molecular flexibility index (Phi) is 6.36. The number of carbonyl (C=O) groups is 1. The smallest absolute Gasteiger partial charge is 0.338 e. The quantitative estimate of drug-likeness (QED) is 0.599. The molecule has 0 amide bonds. The van der Waals surface area contributed by atoms with Crippen molar-refractivity contribution < 1.29 is 13.9 Å². The van der Waals surface area contributed by atoms with Crippen LogP contribution in [0.15, 0.2) is 24.3 Å². The first kappa shape index (κ1) is 14.6. The molecule has 0 unspecified atom stereocenters. The average molecular weight is 253 g/mol. The van der Waals surface area contributed by atoms with Crippen LogP contribution in [0, 0.1) is 11.7 Å². The largest absolute Gasteiger partial charge is 0.461 e. The summed E-state index contributed by atoms with van der Waals surface area (Å²) in [5, 5.41) is 3.20. The molecular weight excluding hydrogens is 233 g/mol. The van der Waals surface area contributed by atoms with Crippen LogP contribution >= 0.6 is 0 Å². The molecule has 0 radical (unpaired) electrons. The summed E-state index contributed by atoms with van der Waals surface area (Å²) in [6.07, 6.45) is 1.10. The molecule has 0 fully saturated rings. The van der Waals surface area contributed by atoms with Crippen molar-refractivity contribution in [3.8, 4) is 0 Å². The Bertz CT molecular complexity index is 363. The van der Waals surface area contributed by atoms with Crippen LogP contribution in [0.5, 0.6) is 0 Å². The highest BCUT2D eigenvalue weighted by atomic mass is 19.1. The summed E-state index contributed by atoms with van der Waals surface area (Å²) in [5.41, 5.74) is 0.374. The Labute approximate surface area is 107 Å². The Hall–Kier alpha value is -1.42. The molecule has 100 valence electrons. The van der Waals surface area contributed by atoms with Crippen LogP contribution in [-0.2, 0) is 4.74 Å². The summed E-state index contributed by atoms with van der Waals surface area (Å²) in [4.78, 5) is 11.5. The highest BCUT2D eigenvalue weighted by Crippen LogP contribution is 2.04. The zero-order valence-corrected chi connectivity index (χ0v) is 10.9. The standard InChI is InChI=1S/C14H20FNO2/c1-11(2)7-8-16-9-10-18-14(17)12-3-5-13(15)6-4-12/h3-6,11,16H,7-10H2,1-2H3. The maximum absolute atomic E-state index is 12.6. The third kappa shape index (κ3) is 5.77. The molecule has 0 saturated carbocycles. The van der Waals surface area contributed by atoms with Gasteiger partial charge in [-0.3, -0.25) is 0 Å². The fourth-order valence-electron chi connectivity index (χ4n) is 1.40. The van der Waals surface area contributed by atoms with E-state index in [1.165, 1.54) is 24.3 Å². The van der Waals surface area contributed by atoms with Crippen molar-refractivity contribution in [1.82, 2.24) is 5.32 Å². The summed E-state index contributed by atoms with van der Waals surface area (Å²) in [6.45, 7) is 6.21. The topological polar surface area (TPSA) is 38.3 Å². The SMILES string of the molecule is CC(C)CCNCCOC(=O)c1ccc(F)cc1. The minimum atomic E-state index is -0.416. The lowest BCUT2D eigenvalue weighted by Gasteiger charge is -2.07. The molecule has 0 aromatic heterocycles. The van der Waals surface area contributed by atoms with Crippen molar-refractivity contribution in [3.05, 3.63) is 35.6 Å². The fourth-order valence-corrected chi connectivity index (χ4v) is 1.40. The van der Waals surface area contributed by atoms with Gasteiger partial charge in [-0.1, -0.05) is 13.8 Å². The van der Waals surface area contributed by atoms with Gasteiger partial charge >= 0.3 is 5.97 Å². The normalized spacial score (nSPS) is 10.7. The molecule has 0 aliphatic heterocycles. The minimum Gasteiger partial charge on any atom is -0.461 e. The third-order valence-corrected chi connectivity index (χ3v) is 2.49. The molecule has 18 heavy (non-hydrogen) atoms. The van der Waals surface area contributed by atoms with E-state index in [0.717, 1.165) is 13.0 Å². The van der Waals surface area contributed by atoms with E-state index < -0.39 is 5.97 Å². The van der Waals surface area contributed by atoms with E-state index in [1.54, 1.807) is 0 Å². The predicted molar refractivity (Wildman–Crippen MR) is 69.0 cm³/mol. The van der Waals surface area contributed by atoms with Crippen molar-refractivity contribution >= 4 is 5.97 Å². The molecule has 0 atom stereocenters. The summed E-state index contributed by atoms with van der Waals surface area (Å²) in [7, 11) is 0. The number of halogens is 1. The van der Waals surface area contributed by atoms with E-state index in [1.807, 2.05) is 0 Å². The molecule has 1 aromatic rings. The van der Waals surface area contributed by atoms with E-state index in [0.29, 0.717) is 24.6 Å². The van der Waals surface area contributed by atoms with E-state index in [9.17, 15) is 9.18 Å². The zero-order chi connectivity index (χ0) is 13.4. The summed E-state index contributed by atoms with van der Waals surface area (Å²) < 4.78 is 17.7. The van der Waals surface area contributed by atoms with Crippen molar-refractivity contribution in [2.45, 2.75) is 20.3 Å². The summed E-state index contributed by atoms with van der Waals surface area (Å²) in [5.74, 6) is -0.109. The number of hydrogen-bond acceptors (Lipinski definition) is 3. The van der Waals surface area contributed by atoms with Crippen molar-refractivity contribution in [2.24, 2.45) is 5.92 Å². The maximum atomic E-state index is 12.6. The molecule has 1 N–H and O–H groups in total. The van der Waals surface area contributed by atoms with Crippen LogP contribution in [0.1, 0.15) is 30.6 Å². The molecule has 0 heterocycles. The molecule has 4 heteroatoms. The van der Waals surface area contributed by atoms with Crippen LogP contribution in [0.3, 0.4) is 0 Å². The first-order valence-corrected chi connectivity index (χ1v) is 6.23. The van der Waals surface area contributed by atoms with Gasteiger partial charge in [0.2, 0.25) is 0 Å². The van der Waals surface area contributed by atoms with Gasteiger partial charge in [0.05, 0.1) is 5.56 Å². The molecular formula is C14H20FNO2. The third-order valence-electron chi connectivity index (χ3n) is 2.49. The predicted octanol–water partition coefficient (Wildman–Crippen LogP) is 2.62. The second kappa shape index (κ2) is 7.82. The highest BCUT2D eigenvalue weighted by Gasteiger charge is 2.06. The number of nitrogens with one attached hydrogen (secondary N) is 1. The van der Waals surface area contributed by atoms with Gasteiger partial charge < -0.3 is 10.1 Å². The van der Waals surface area contributed by atoms with Crippen molar-refractivity contribution in [3.63, 3.8) is 0 Å². The maximum Gasteiger partial charge on any atom is 0.338 e. The molecule has 1 rings (SSSR count). The molecule has 0 bridgehead atoms. The number of carbonyl (C=O) groups excluding carboxylic acids is 1.